The van der Waals surface area contributed by atoms with Crippen LogP contribution in [0.4, 0.5) is 4.79 Å². The second-order valence-electron chi connectivity index (χ2n) is 6.50. The molecular formula is C20H27N3O3. The summed E-state index contributed by atoms with van der Waals surface area (Å²) in [5, 5.41) is 8.23. The zero-order chi connectivity index (χ0) is 18.9. The van der Waals surface area contributed by atoms with E-state index in [9.17, 15) is 9.59 Å². The summed E-state index contributed by atoms with van der Waals surface area (Å²) in [6.45, 7) is 6.42. The number of carbonyl (C=O) groups is 2. The van der Waals surface area contributed by atoms with Crippen molar-refractivity contribution in [2.45, 2.75) is 39.8 Å². The van der Waals surface area contributed by atoms with Crippen LogP contribution < -0.4 is 16.0 Å². The zero-order valence-corrected chi connectivity index (χ0v) is 15.5. The Morgan fingerprint density at radius 1 is 1.08 bits per heavy atom. The molecule has 6 nitrogen and oxygen atoms in total. The van der Waals surface area contributed by atoms with Crippen molar-refractivity contribution in [3.05, 3.63) is 59.5 Å². The van der Waals surface area contributed by atoms with E-state index in [1.165, 1.54) is 5.56 Å². The summed E-state index contributed by atoms with van der Waals surface area (Å²) < 4.78 is 5.14. The molecule has 2 rings (SSSR count). The maximum Gasteiger partial charge on any atom is 0.315 e. The topological polar surface area (TPSA) is 83.4 Å². The first-order valence-corrected chi connectivity index (χ1v) is 8.92. The Bertz CT molecular complexity index is 694. The average molecular weight is 357 g/mol. The van der Waals surface area contributed by atoms with Crippen molar-refractivity contribution < 1.29 is 14.0 Å². The van der Waals surface area contributed by atoms with Gasteiger partial charge in [0.1, 0.15) is 5.76 Å². The quantitative estimate of drug-likeness (QED) is 0.679. The number of amides is 3. The van der Waals surface area contributed by atoms with Gasteiger partial charge in [-0.2, -0.15) is 0 Å². The lowest BCUT2D eigenvalue weighted by molar-refractivity contribution is -0.120. The maximum atomic E-state index is 12.2. The van der Waals surface area contributed by atoms with Gasteiger partial charge in [-0.3, -0.25) is 4.79 Å². The number of rotatable bonds is 8. The minimum Gasteiger partial charge on any atom is -0.467 e. The average Bonchev–Trinajstić information content (AvgIpc) is 3.16. The minimum atomic E-state index is -0.364. The molecule has 0 spiro atoms. The van der Waals surface area contributed by atoms with Crippen LogP contribution in [0.2, 0.25) is 0 Å². The number of hydrogen-bond acceptors (Lipinski definition) is 3. The predicted molar refractivity (Wildman–Crippen MR) is 100 cm³/mol. The first-order valence-electron chi connectivity index (χ1n) is 8.92. The highest BCUT2D eigenvalue weighted by Crippen LogP contribution is 2.22. The summed E-state index contributed by atoms with van der Waals surface area (Å²) in [5.41, 5.74) is 2.31. The summed E-state index contributed by atoms with van der Waals surface area (Å²) in [6.07, 6.45) is 2.53. The van der Waals surface area contributed by atoms with Crippen LogP contribution in [0, 0.1) is 5.92 Å². The SMILES string of the molecule is CCc1ccc(C(NC(=O)NCC(=O)NCc2ccco2)C(C)C)cc1. The van der Waals surface area contributed by atoms with Gasteiger partial charge in [0.2, 0.25) is 5.91 Å². The molecule has 0 aliphatic heterocycles. The molecule has 0 saturated carbocycles. The van der Waals surface area contributed by atoms with Gasteiger partial charge in [-0.25, -0.2) is 4.79 Å². The Hall–Kier alpha value is -2.76. The summed E-state index contributed by atoms with van der Waals surface area (Å²) in [6, 6.07) is 11.3. The summed E-state index contributed by atoms with van der Waals surface area (Å²) in [7, 11) is 0. The number of aryl methyl sites for hydroxylation is 1. The highest BCUT2D eigenvalue weighted by atomic mass is 16.3. The first-order chi connectivity index (χ1) is 12.5. The van der Waals surface area contributed by atoms with Gasteiger partial charge in [-0.15, -0.1) is 0 Å². The van der Waals surface area contributed by atoms with Crippen LogP contribution in [0.25, 0.3) is 0 Å². The molecule has 1 atom stereocenters. The third-order valence-electron chi connectivity index (χ3n) is 4.15. The highest BCUT2D eigenvalue weighted by Gasteiger charge is 2.18. The normalized spacial score (nSPS) is 11.8. The van der Waals surface area contributed by atoms with E-state index in [4.69, 9.17) is 4.42 Å². The molecule has 6 heteroatoms. The van der Waals surface area contributed by atoms with E-state index in [1.54, 1.807) is 18.4 Å². The Morgan fingerprint density at radius 3 is 2.38 bits per heavy atom. The fraction of sp³-hybridized carbons (Fsp3) is 0.400. The molecule has 26 heavy (non-hydrogen) atoms. The van der Waals surface area contributed by atoms with Crippen molar-refractivity contribution >= 4 is 11.9 Å². The smallest absolute Gasteiger partial charge is 0.315 e. The summed E-state index contributed by atoms with van der Waals surface area (Å²) in [4.78, 5) is 24.0. The van der Waals surface area contributed by atoms with Crippen LogP contribution in [0.1, 0.15) is 43.7 Å². The van der Waals surface area contributed by atoms with Crippen LogP contribution in [-0.4, -0.2) is 18.5 Å². The predicted octanol–water partition coefficient (Wildman–Crippen LogP) is 3.15. The number of nitrogens with one attached hydrogen (secondary N) is 3. The van der Waals surface area contributed by atoms with Crippen molar-refractivity contribution in [1.29, 1.82) is 0 Å². The van der Waals surface area contributed by atoms with Gasteiger partial charge in [-0.05, 0) is 35.6 Å². The number of benzene rings is 1. The molecule has 1 aromatic heterocycles. The molecule has 0 saturated heterocycles. The van der Waals surface area contributed by atoms with E-state index in [-0.39, 0.29) is 30.4 Å². The Kier molecular flexibility index (Phi) is 7.26. The highest BCUT2D eigenvalue weighted by molar-refractivity contribution is 5.84. The fourth-order valence-corrected chi connectivity index (χ4v) is 2.61. The van der Waals surface area contributed by atoms with E-state index in [1.807, 2.05) is 12.1 Å². The molecule has 0 aliphatic rings. The third kappa shape index (κ3) is 5.95. The molecule has 1 unspecified atom stereocenters. The molecule has 0 fully saturated rings. The van der Waals surface area contributed by atoms with E-state index >= 15 is 0 Å². The molecule has 0 bridgehead atoms. The lowest BCUT2D eigenvalue weighted by Gasteiger charge is -2.23. The molecule has 1 heterocycles. The van der Waals surface area contributed by atoms with Crippen molar-refractivity contribution in [3.63, 3.8) is 0 Å². The van der Waals surface area contributed by atoms with Crippen molar-refractivity contribution in [1.82, 2.24) is 16.0 Å². The van der Waals surface area contributed by atoms with Gasteiger partial charge in [0.25, 0.3) is 0 Å². The number of carbonyl (C=O) groups excluding carboxylic acids is 2. The first kappa shape index (κ1) is 19.6. The number of hydrogen-bond donors (Lipinski definition) is 3. The van der Waals surface area contributed by atoms with Gasteiger partial charge in [0.05, 0.1) is 25.4 Å². The number of furan rings is 1. The van der Waals surface area contributed by atoms with Gasteiger partial charge in [-0.1, -0.05) is 45.0 Å². The van der Waals surface area contributed by atoms with Crippen molar-refractivity contribution in [2.75, 3.05) is 6.54 Å². The third-order valence-corrected chi connectivity index (χ3v) is 4.15. The lowest BCUT2D eigenvalue weighted by atomic mass is 9.95. The van der Waals surface area contributed by atoms with Crippen LogP contribution in [0.3, 0.4) is 0 Å². The standard InChI is InChI=1S/C20H27N3O3/c1-4-15-7-9-16(10-8-15)19(14(2)3)23-20(25)22-13-18(24)21-12-17-6-5-11-26-17/h5-11,14,19H,4,12-13H2,1-3H3,(H,21,24)(H2,22,23,25). The molecule has 140 valence electrons. The Balaban J connectivity index is 1.82. The van der Waals surface area contributed by atoms with Crippen LogP contribution in [-0.2, 0) is 17.8 Å². The molecule has 2 aromatic rings. The summed E-state index contributed by atoms with van der Waals surface area (Å²) in [5.74, 6) is 0.615. The molecule has 0 aliphatic carbocycles. The van der Waals surface area contributed by atoms with E-state index < -0.39 is 0 Å². The molecule has 1 aromatic carbocycles. The fourth-order valence-electron chi connectivity index (χ4n) is 2.61. The second kappa shape index (κ2) is 9.65. The van der Waals surface area contributed by atoms with Gasteiger partial charge in [0, 0.05) is 0 Å². The second-order valence-corrected chi connectivity index (χ2v) is 6.50. The zero-order valence-electron chi connectivity index (χ0n) is 15.5. The Morgan fingerprint density at radius 2 is 1.81 bits per heavy atom. The largest absolute Gasteiger partial charge is 0.467 e. The molecule has 3 N–H and O–H groups in total. The monoisotopic (exact) mass is 357 g/mol. The molecular weight excluding hydrogens is 330 g/mol. The molecule has 0 radical (unpaired) electrons. The van der Waals surface area contributed by atoms with Crippen LogP contribution >= 0.6 is 0 Å². The number of urea groups is 1. The Labute approximate surface area is 154 Å². The van der Waals surface area contributed by atoms with E-state index in [2.05, 4.69) is 48.9 Å². The minimum absolute atomic E-state index is 0.0911. The van der Waals surface area contributed by atoms with Crippen LogP contribution in [0.5, 0.6) is 0 Å². The maximum absolute atomic E-state index is 12.2. The van der Waals surface area contributed by atoms with Gasteiger partial charge < -0.3 is 20.4 Å². The van der Waals surface area contributed by atoms with E-state index in [0.717, 1.165) is 12.0 Å². The van der Waals surface area contributed by atoms with Crippen LogP contribution in [0.15, 0.2) is 47.1 Å². The van der Waals surface area contributed by atoms with E-state index in [0.29, 0.717) is 12.3 Å². The van der Waals surface area contributed by atoms with Crippen molar-refractivity contribution in [2.24, 2.45) is 5.92 Å². The van der Waals surface area contributed by atoms with Crippen molar-refractivity contribution in [3.8, 4) is 0 Å². The van der Waals surface area contributed by atoms with Gasteiger partial charge >= 0.3 is 6.03 Å². The lowest BCUT2D eigenvalue weighted by Crippen LogP contribution is -2.44. The molecule has 3 amide bonds. The summed E-state index contributed by atoms with van der Waals surface area (Å²) >= 11 is 0. The van der Waals surface area contributed by atoms with Gasteiger partial charge in [0.15, 0.2) is 0 Å².